The second-order valence-electron chi connectivity index (χ2n) is 6.63. The molecule has 1 atom stereocenters. The van der Waals surface area contributed by atoms with E-state index >= 15 is 0 Å². The van der Waals surface area contributed by atoms with Gasteiger partial charge >= 0.3 is 5.97 Å². The fraction of sp³-hybridized carbons (Fsp3) is 0.0870. The van der Waals surface area contributed by atoms with Crippen molar-refractivity contribution in [1.82, 2.24) is 4.57 Å². The second-order valence-corrected chi connectivity index (χ2v) is 6.63. The van der Waals surface area contributed by atoms with E-state index in [2.05, 4.69) is 0 Å². The standard InChI is InChI=1S/C23H18N2O4/c24-23(28)22(15-8-2-1-3-9-15)29-20(26)14-25-18-12-6-4-10-16(18)21(27)17-11-5-7-13-19(17)25/h1-13,22H,14H2,(H2,24,28). The smallest absolute Gasteiger partial charge is 0.327 e. The number of nitrogens with two attached hydrogens (primary N) is 1. The summed E-state index contributed by atoms with van der Waals surface area (Å²) in [6.45, 7) is -0.169. The van der Waals surface area contributed by atoms with Gasteiger partial charge in [-0.1, -0.05) is 54.6 Å². The van der Waals surface area contributed by atoms with E-state index in [1.807, 2.05) is 0 Å². The van der Waals surface area contributed by atoms with Gasteiger partial charge in [0.1, 0.15) is 6.54 Å². The highest BCUT2D eigenvalue weighted by Crippen LogP contribution is 2.21. The Kier molecular flexibility index (Phi) is 4.83. The zero-order valence-electron chi connectivity index (χ0n) is 15.4. The molecular weight excluding hydrogens is 368 g/mol. The fourth-order valence-corrected chi connectivity index (χ4v) is 3.46. The lowest BCUT2D eigenvalue weighted by atomic mass is 10.1. The van der Waals surface area contributed by atoms with E-state index in [9.17, 15) is 14.4 Å². The monoisotopic (exact) mass is 386 g/mol. The molecule has 0 aliphatic carbocycles. The number of carbonyl (C=O) groups excluding carboxylic acids is 2. The number of carbonyl (C=O) groups is 2. The number of rotatable bonds is 5. The van der Waals surface area contributed by atoms with Crippen molar-refractivity contribution in [3.05, 3.63) is 94.6 Å². The van der Waals surface area contributed by atoms with Crippen molar-refractivity contribution in [2.75, 3.05) is 0 Å². The third kappa shape index (κ3) is 3.48. The lowest BCUT2D eigenvalue weighted by Gasteiger charge is -2.18. The average molecular weight is 386 g/mol. The van der Waals surface area contributed by atoms with Crippen molar-refractivity contribution in [2.45, 2.75) is 12.6 Å². The molecule has 144 valence electrons. The summed E-state index contributed by atoms with van der Waals surface area (Å²) in [5, 5.41) is 1.02. The maximum Gasteiger partial charge on any atom is 0.327 e. The third-order valence-corrected chi connectivity index (χ3v) is 4.78. The fourth-order valence-electron chi connectivity index (χ4n) is 3.46. The largest absolute Gasteiger partial charge is 0.446 e. The van der Waals surface area contributed by atoms with Crippen LogP contribution in [0.25, 0.3) is 21.8 Å². The van der Waals surface area contributed by atoms with Gasteiger partial charge in [0.2, 0.25) is 6.10 Å². The minimum atomic E-state index is -1.18. The lowest BCUT2D eigenvalue weighted by molar-refractivity contribution is -0.155. The van der Waals surface area contributed by atoms with Crippen LogP contribution in [0.1, 0.15) is 11.7 Å². The summed E-state index contributed by atoms with van der Waals surface area (Å²) < 4.78 is 7.14. The molecular formula is C23H18N2O4. The number of hydrogen-bond acceptors (Lipinski definition) is 4. The summed E-state index contributed by atoms with van der Waals surface area (Å²) in [5.74, 6) is -1.38. The van der Waals surface area contributed by atoms with Crippen LogP contribution in [0.5, 0.6) is 0 Å². The Bertz CT molecular complexity index is 1220. The maximum atomic E-state index is 12.8. The zero-order chi connectivity index (χ0) is 20.4. The molecule has 29 heavy (non-hydrogen) atoms. The Morgan fingerprint density at radius 1 is 0.828 bits per heavy atom. The van der Waals surface area contributed by atoms with Crippen LogP contribution in [-0.2, 0) is 20.9 Å². The Morgan fingerprint density at radius 3 is 1.90 bits per heavy atom. The first-order valence-electron chi connectivity index (χ1n) is 9.10. The number of para-hydroxylation sites is 2. The summed E-state index contributed by atoms with van der Waals surface area (Å²) in [7, 11) is 0. The molecule has 3 aromatic carbocycles. The predicted molar refractivity (Wildman–Crippen MR) is 110 cm³/mol. The Labute approximate surface area is 166 Å². The van der Waals surface area contributed by atoms with Crippen LogP contribution in [0.15, 0.2) is 83.7 Å². The minimum Gasteiger partial charge on any atom is -0.446 e. The van der Waals surface area contributed by atoms with Crippen LogP contribution in [0, 0.1) is 0 Å². The molecule has 0 radical (unpaired) electrons. The van der Waals surface area contributed by atoms with Gasteiger partial charge in [0.05, 0.1) is 11.0 Å². The quantitative estimate of drug-likeness (QED) is 0.422. The Morgan fingerprint density at radius 2 is 1.34 bits per heavy atom. The van der Waals surface area contributed by atoms with Gasteiger partial charge in [0.25, 0.3) is 5.91 Å². The molecule has 6 heteroatoms. The van der Waals surface area contributed by atoms with Crippen LogP contribution in [0.3, 0.4) is 0 Å². The van der Waals surface area contributed by atoms with Crippen molar-refractivity contribution >= 4 is 33.7 Å². The minimum absolute atomic E-state index is 0.0971. The number of primary amides is 1. The molecule has 2 N–H and O–H groups in total. The molecule has 1 amide bonds. The van der Waals surface area contributed by atoms with E-state index in [1.165, 1.54) is 0 Å². The van der Waals surface area contributed by atoms with Gasteiger partial charge in [-0.2, -0.15) is 0 Å². The van der Waals surface area contributed by atoms with Crippen LogP contribution in [0.4, 0.5) is 0 Å². The molecule has 0 spiro atoms. The SMILES string of the molecule is NC(=O)C(OC(=O)Cn1c2ccccc2c(=O)c2ccccc21)c1ccccc1. The highest BCUT2D eigenvalue weighted by atomic mass is 16.5. The summed E-state index contributed by atoms with van der Waals surface area (Å²) >= 11 is 0. The maximum absolute atomic E-state index is 12.8. The van der Waals surface area contributed by atoms with Gasteiger partial charge in [-0.15, -0.1) is 0 Å². The summed E-state index contributed by atoms with van der Waals surface area (Å²) in [6.07, 6.45) is -1.18. The van der Waals surface area contributed by atoms with E-state index in [1.54, 1.807) is 83.4 Å². The third-order valence-electron chi connectivity index (χ3n) is 4.78. The number of pyridine rings is 1. The van der Waals surface area contributed by atoms with E-state index in [0.29, 0.717) is 27.4 Å². The van der Waals surface area contributed by atoms with Gasteiger partial charge in [-0.05, 0) is 24.3 Å². The Hall–Kier alpha value is -3.93. The zero-order valence-corrected chi connectivity index (χ0v) is 15.4. The van der Waals surface area contributed by atoms with Crippen LogP contribution in [0.2, 0.25) is 0 Å². The van der Waals surface area contributed by atoms with Gasteiger partial charge < -0.3 is 15.0 Å². The first kappa shape index (κ1) is 18.4. The molecule has 6 nitrogen and oxygen atoms in total. The summed E-state index contributed by atoms with van der Waals surface area (Å²) in [5.41, 5.74) is 7.08. The van der Waals surface area contributed by atoms with Crippen LogP contribution in [-0.4, -0.2) is 16.4 Å². The normalized spacial score (nSPS) is 12.0. The average Bonchev–Trinajstić information content (AvgIpc) is 2.75. The second kappa shape index (κ2) is 7.59. The molecule has 1 unspecified atom stereocenters. The number of nitrogens with zero attached hydrogens (tertiary/aromatic N) is 1. The van der Waals surface area contributed by atoms with Gasteiger partial charge in [0.15, 0.2) is 5.43 Å². The van der Waals surface area contributed by atoms with E-state index in [4.69, 9.17) is 10.5 Å². The van der Waals surface area contributed by atoms with Crippen molar-refractivity contribution in [1.29, 1.82) is 0 Å². The number of benzene rings is 3. The van der Waals surface area contributed by atoms with Crippen molar-refractivity contribution in [3.63, 3.8) is 0 Å². The molecule has 0 aliphatic rings. The molecule has 0 aliphatic heterocycles. The predicted octanol–water partition coefficient (Wildman–Crippen LogP) is 2.92. The van der Waals surface area contributed by atoms with Crippen LogP contribution >= 0.6 is 0 Å². The number of esters is 1. The van der Waals surface area contributed by atoms with Gasteiger partial charge in [-0.3, -0.25) is 14.4 Å². The number of hydrogen-bond donors (Lipinski definition) is 1. The van der Waals surface area contributed by atoms with Crippen LogP contribution < -0.4 is 11.2 Å². The van der Waals surface area contributed by atoms with E-state index in [-0.39, 0.29) is 12.0 Å². The molecule has 0 saturated carbocycles. The first-order chi connectivity index (χ1) is 14.1. The lowest BCUT2D eigenvalue weighted by Crippen LogP contribution is -2.28. The molecule has 0 bridgehead atoms. The molecule has 1 heterocycles. The molecule has 0 fully saturated rings. The van der Waals surface area contributed by atoms with Crippen molar-refractivity contribution < 1.29 is 14.3 Å². The Balaban J connectivity index is 1.75. The van der Waals surface area contributed by atoms with Gasteiger partial charge in [0, 0.05) is 16.3 Å². The topological polar surface area (TPSA) is 91.4 Å². The van der Waals surface area contributed by atoms with E-state index in [0.717, 1.165) is 0 Å². The summed E-state index contributed by atoms with van der Waals surface area (Å²) in [4.78, 5) is 37.4. The number of aromatic nitrogens is 1. The highest BCUT2D eigenvalue weighted by molar-refractivity contribution is 5.94. The van der Waals surface area contributed by atoms with E-state index < -0.39 is 18.0 Å². The molecule has 4 aromatic rings. The molecule has 0 saturated heterocycles. The van der Waals surface area contributed by atoms with Gasteiger partial charge in [-0.25, -0.2) is 0 Å². The van der Waals surface area contributed by atoms with Crippen molar-refractivity contribution in [3.8, 4) is 0 Å². The first-order valence-corrected chi connectivity index (χ1v) is 9.10. The molecule has 1 aromatic heterocycles. The number of amides is 1. The van der Waals surface area contributed by atoms with Crippen molar-refractivity contribution in [2.24, 2.45) is 5.73 Å². The highest BCUT2D eigenvalue weighted by Gasteiger charge is 2.23. The summed E-state index contributed by atoms with van der Waals surface area (Å²) in [6, 6.07) is 22.8. The number of ether oxygens (including phenoxy) is 1. The number of fused-ring (bicyclic) bond motifs is 2. The molecule has 4 rings (SSSR count).